The fraction of sp³-hybridized carbons (Fsp3) is 1.00. The highest BCUT2D eigenvalue weighted by atomic mass is 16.2. The zero-order valence-corrected chi connectivity index (χ0v) is 6.81. The molecule has 61 valence electrons. The summed E-state index contributed by atoms with van der Waals surface area (Å²) in [7, 11) is 0. The van der Waals surface area contributed by atoms with Crippen LogP contribution in [-0.4, -0.2) is 12.6 Å². The van der Waals surface area contributed by atoms with Gasteiger partial charge in [0.15, 0.2) is 0 Å². The van der Waals surface area contributed by atoms with E-state index in [1.165, 1.54) is 0 Å². The lowest BCUT2D eigenvalue weighted by molar-refractivity contribution is 0.185. The molecular formula is C8H18NO. The van der Waals surface area contributed by atoms with Crippen molar-refractivity contribution in [3.8, 4) is 0 Å². The van der Waals surface area contributed by atoms with E-state index >= 15 is 0 Å². The minimum Gasteiger partial charge on any atom is -0.328 e. The Morgan fingerprint density at radius 3 is 2.50 bits per heavy atom. The molecule has 2 nitrogen and oxygen atoms in total. The lowest BCUT2D eigenvalue weighted by Crippen LogP contribution is -2.17. The minimum atomic E-state index is 0.0708. The summed E-state index contributed by atoms with van der Waals surface area (Å²) >= 11 is 0. The molecule has 0 aliphatic carbocycles. The summed E-state index contributed by atoms with van der Waals surface area (Å²) in [6.07, 6.45) is 5.12. The third kappa shape index (κ3) is 6.05. The standard InChI is InChI=1S/C8H18NO/c1-2-8(9)6-4-3-5-7-10/h8H,2-7,9H2,1H3. The molecule has 2 heteroatoms. The van der Waals surface area contributed by atoms with Crippen molar-refractivity contribution in [1.82, 2.24) is 0 Å². The first-order valence-electron chi connectivity index (χ1n) is 4.15. The van der Waals surface area contributed by atoms with Crippen LogP contribution in [0.1, 0.15) is 39.0 Å². The van der Waals surface area contributed by atoms with E-state index in [0.29, 0.717) is 6.04 Å². The summed E-state index contributed by atoms with van der Waals surface area (Å²) in [5.41, 5.74) is 5.68. The smallest absolute Gasteiger partial charge is 0.0822 e. The van der Waals surface area contributed by atoms with E-state index in [2.05, 4.69) is 6.92 Å². The maximum Gasteiger partial charge on any atom is 0.0822 e. The molecule has 1 radical (unpaired) electrons. The molecule has 1 atom stereocenters. The van der Waals surface area contributed by atoms with Crippen LogP contribution in [0.15, 0.2) is 0 Å². The van der Waals surface area contributed by atoms with Gasteiger partial charge < -0.3 is 5.73 Å². The summed E-state index contributed by atoms with van der Waals surface area (Å²) < 4.78 is 0. The predicted octanol–water partition coefficient (Wildman–Crippen LogP) is 1.71. The molecule has 0 heterocycles. The van der Waals surface area contributed by atoms with Crippen molar-refractivity contribution < 1.29 is 5.11 Å². The molecule has 0 fully saturated rings. The van der Waals surface area contributed by atoms with Crippen molar-refractivity contribution in [2.75, 3.05) is 6.61 Å². The SMILES string of the molecule is CCC(N)CCCCC[O]. The molecule has 0 aliphatic heterocycles. The lowest BCUT2D eigenvalue weighted by Gasteiger charge is -2.06. The summed E-state index contributed by atoms with van der Waals surface area (Å²) in [5, 5.41) is 10.0. The van der Waals surface area contributed by atoms with Crippen molar-refractivity contribution in [2.24, 2.45) is 5.73 Å². The molecule has 0 aromatic carbocycles. The zero-order valence-electron chi connectivity index (χ0n) is 6.81. The van der Waals surface area contributed by atoms with E-state index in [9.17, 15) is 5.11 Å². The Bertz CT molecular complexity index is 66.3. The van der Waals surface area contributed by atoms with Crippen molar-refractivity contribution in [3.05, 3.63) is 0 Å². The molecule has 0 rings (SSSR count). The minimum absolute atomic E-state index is 0.0708. The number of rotatable bonds is 6. The number of hydrogen-bond acceptors (Lipinski definition) is 1. The maximum absolute atomic E-state index is 10.0. The van der Waals surface area contributed by atoms with Gasteiger partial charge in [0.05, 0.1) is 6.61 Å². The van der Waals surface area contributed by atoms with E-state index in [4.69, 9.17) is 5.73 Å². The number of unbranched alkanes of at least 4 members (excludes halogenated alkanes) is 2. The average Bonchev–Trinajstić information content (AvgIpc) is 1.98. The molecule has 1 unspecified atom stereocenters. The van der Waals surface area contributed by atoms with Crippen molar-refractivity contribution >= 4 is 0 Å². The van der Waals surface area contributed by atoms with Gasteiger partial charge in [-0.05, 0) is 19.3 Å². The molecule has 0 aromatic rings. The quantitative estimate of drug-likeness (QED) is 0.567. The largest absolute Gasteiger partial charge is 0.328 e. The van der Waals surface area contributed by atoms with Gasteiger partial charge in [-0.3, -0.25) is 0 Å². The molecular weight excluding hydrogens is 126 g/mol. The second kappa shape index (κ2) is 7.03. The fourth-order valence-electron chi connectivity index (χ4n) is 0.889. The molecule has 0 saturated carbocycles. The fourth-order valence-corrected chi connectivity index (χ4v) is 0.889. The molecule has 0 bridgehead atoms. The monoisotopic (exact) mass is 144 g/mol. The summed E-state index contributed by atoms with van der Waals surface area (Å²) in [6.45, 7) is 2.17. The summed E-state index contributed by atoms with van der Waals surface area (Å²) in [6, 6.07) is 0.353. The van der Waals surface area contributed by atoms with Gasteiger partial charge >= 0.3 is 0 Å². The van der Waals surface area contributed by atoms with Crippen LogP contribution >= 0.6 is 0 Å². The van der Waals surface area contributed by atoms with Crippen LogP contribution in [0.5, 0.6) is 0 Å². The topological polar surface area (TPSA) is 45.9 Å². The van der Waals surface area contributed by atoms with Crippen LogP contribution in [0.4, 0.5) is 0 Å². The van der Waals surface area contributed by atoms with Gasteiger partial charge in [0, 0.05) is 6.04 Å². The first-order valence-corrected chi connectivity index (χ1v) is 4.15. The van der Waals surface area contributed by atoms with Gasteiger partial charge in [-0.15, -0.1) is 0 Å². The van der Waals surface area contributed by atoms with Crippen molar-refractivity contribution in [1.29, 1.82) is 0 Å². The first-order chi connectivity index (χ1) is 4.81. The lowest BCUT2D eigenvalue weighted by atomic mass is 10.1. The molecule has 10 heavy (non-hydrogen) atoms. The van der Waals surface area contributed by atoms with Gasteiger partial charge in [0.2, 0.25) is 0 Å². The molecule has 0 amide bonds. The Balaban J connectivity index is 2.89. The van der Waals surface area contributed by atoms with Crippen LogP contribution in [0.2, 0.25) is 0 Å². The number of nitrogens with two attached hydrogens (primary N) is 1. The van der Waals surface area contributed by atoms with Crippen molar-refractivity contribution in [3.63, 3.8) is 0 Å². The zero-order chi connectivity index (χ0) is 7.82. The number of hydrogen-bond donors (Lipinski definition) is 1. The van der Waals surface area contributed by atoms with E-state index < -0.39 is 0 Å². The van der Waals surface area contributed by atoms with Gasteiger partial charge in [0.25, 0.3) is 0 Å². The average molecular weight is 144 g/mol. The van der Waals surface area contributed by atoms with E-state index in [1.807, 2.05) is 0 Å². The van der Waals surface area contributed by atoms with Crippen LogP contribution in [0, 0.1) is 0 Å². The highest BCUT2D eigenvalue weighted by molar-refractivity contribution is 4.57. The van der Waals surface area contributed by atoms with Crippen LogP contribution in [0.25, 0.3) is 0 Å². The third-order valence-electron chi connectivity index (χ3n) is 1.74. The van der Waals surface area contributed by atoms with Gasteiger partial charge in [-0.1, -0.05) is 19.8 Å². The molecule has 0 aliphatic rings. The normalized spacial score (nSPS) is 13.5. The second-order valence-corrected chi connectivity index (χ2v) is 2.72. The Hall–Kier alpha value is -0.0800. The Morgan fingerprint density at radius 2 is 2.00 bits per heavy atom. The maximum atomic E-state index is 10.0. The highest BCUT2D eigenvalue weighted by Crippen LogP contribution is 2.03. The Labute approximate surface area is 63.4 Å². The second-order valence-electron chi connectivity index (χ2n) is 2.72. The van der Waals surface area contributed by atoms with E-state index in [0.717, 1.165) is 32.1 Å². The summed E-state index contributed by atoms with van der Waals surface area (Å²) in [5.74, 6) is 0. The van der Waals surface area contributed by atoms with Crippen LogP contribution in [0.3, 0.4) is 0 Å². The molecule has 0 spiro atoms. The van der Waals surface area contributed by atoms with E-state index in [-0.39, 0.29) is 6.61 Å². The predicted molar refractivity (Wildman–Crippen MR) is 42.3 cm³/mol. The van der Waals surface area contributed by atoms with E-state index in [1.54, 1.807) is 0 Å². The molecule has 0 saturated heterocycles. The molecule has 0 aromatic heterocycles. The van der Waals surface area contributed by atoms with Gasteiger partial charge in [-0.2, -0.15) is 0 Å². The highest BCUT2D eigenvalue weighted by Gasteiger charge is 1.97. The van der Waals surface area contributed by atoms with Crippen LogP contribution < -0.4 is 5.73 Å². The Morgan fingerprint density at radius 1 is 1.30 bits per heavy atom. The van der Waals surface area contributed by atoms with Crippen LogP contribution in [-0.2, 0) is 5.11 Å². The third-order valence-corrected chi connectivity index (χ3v) is 1.74. The first kappa shape index (κ1) is 9.92. The Kier molecular flexibility index (Phi) is 6.98. The van der Waals surface area contributed by atoms with Crippen molar-refractivity contribution in [2.45, 2.75) is 45.1 Å². The van der Waals surface area contributed by atoms with Gasteiger partial charge in [-0.25, -0.2) is 5.11 Å². The summed E-state index contributed by atoms with van der Waals surface area (Å²) in [4.78, 5) is 0. The van der Waals surface area contributed by atoms with Gasteiger partial charge in [0.1, 0.15) is 0 Å². The molecule has 2 N–H and O–H groups in total.